The first-order valence-electron chi connectivity index (χ1n) is 6.81. The van der Waals surface area contributed by atoms with Crippen LogP contribution in [0.15, 0.2) is 30.4 Å². The molecular formula is C17H23NO. The smallest absolute Gasteiger partial charge is 0.123 e. The summed E-state index contributed by atoms with van der Waals surface area (Å²) < 4.78 is 5.55. The molecule has 19 heavy (non-hydrogen) atoms. The maximum Gasteiger partial charge on any atom is 0.123 e. The third kappa shape index (κ3) is 3.27. The van der Waals surface area contributed by atoms with Gasteiger partial charge in [0.05, 0.1) is 7.11 Å². The van der Waals surface area contributed by atoms with E-state index in [0.29, 0.717) is 0 Å². The molecule has 0 saturated carbocycles. The van der Waals surface area contributed by atoms with Crippen LogP contribution in [0.1, 0.15) is 29.5 Å². The zero-order chi connectivity index (χ0) is 13.8. The van der Waals surface area contributed by atoms with Gasteiger partial charge in [-0.15, -0.1) is 0 Å². The fourth-order valence-corrected chi connectivity index (χ4v) is 2.53. The molecular weight excluding hydrogens is 234 g/mol. The number of nitrogens with zero attached hydrogens (tertiary/aromatic N) is 1. The van der Waals surface area contributed by atoms with E-state index < -0.39 is 0 Å². The summed E-state index contributed by atoms with van der Waals surface area (Å²) in [6.45, 7) is 3.08. The van der Waals surface area contributed by atoms with Gasteiger partial charge in [-0.05, 0) is 56.6 Å². The van der Waals surface area contributed by atoms with E-state index >= 15 is 0 Å². The maximum atomic E-state index is 5.55. The second-order valence-corrected chi connectivity index (χ2v) is 5.36. The van der Waals surface area contributed by atoms with Gasteiger partial charge in [0, 0.05) is 12.1 Å². The fraction of sp³-hybridized carbons (Fsp3) is 0.412. The van der Waals surface area contributed by atoms with Crippen LogP contribution in [0.5, 0.6) is 5.75 Å². The molecule has 0 atom stereocenters. The zero-order valence-electron chi connectivity index (χ0n) is 12.4. The van der Waals surface area contributed by atoms with E-state index in [4.69, 9.17) is 4.74 Å². The molecule has 2 heteroatoms. The van der Waals surface area contributed by atoms with E-state index in [1.807, 2.05) is 0 Å². The van der Waals surface area contributed by atoms with Crippen LogP contribution in [-0.2, 0) is 6.54 Å². The first kappa shape index (κ1) is 13.9. The van der Waals surface area contributed by atoms with Crippen molar-refractivity contribution in [3.63, 3.8) is 0 Å². The standard InChI is InChI=1S/C17H23NO/c1-13-10-15(12-18(2)3)17(19-4)11-16(13)14-8-6-5-7-9-14/h6,8-11H,5,7,12H2,1-4H3. The van der Waals surface area contributed by atoms with Crippen molar-refractivity contribution in [3.05, 3.63) is 47.1 Å². The SMILES string of the molecule is COc1cc(C2=CCCC=C2)c(C)cc1CN(C)C. The molecule has 0 amide bonds. The van der Waals surface area contributed by atoms with Crippen molar-refractivity contribution in [2.24, 2.45) is 0 Å². The molecule has 0 aromatic heterocycles. The van der Waals surface area contributed by atoms with Crippen molar-refractivity contribution in [2.75, 3.05) is 21.2 Å². The quantitative estimate of drug-likeness (QED) is 0.813. The van der Waals surface area contributed by atoms with Crippen LogP contribution in [0.25, 0.3) is 5.57 Å². The van der Waals surface area contributed by atoms with Gasteiger partial charge in [0.1, 0.15) is 5.75 Å². The fourth-order valence-electron chi connectivity index (χ4n) is 2.53. The van der Waals surface area contributed by atoms with Crippen molar-refractivity contribution in [1.82, 2.24) is 4.90 Å². The largest absolute Gasteiger partial charge is 0.496 e. The highest BCUT2D eigenvalue weighted by Crippen LogP contribution is 2.31. The average Bonchev–Trinajstić information content (AvgIpc) is 2.39. The third-order valence-electron chi connectivity index (χ3n) is 3.42. The summed E-state index contributed by atoms with van der Waals surface area (Å²) in [6, 6.07) is 4.42. The van der Waals surface area contributed by atoms with Gasteiger partial charge in [0.2, 0.25) is 0 Å². The van der Waals surface area contributed by atoms with E-state index in [2.05, 4.69) is 56.3 Å². The number of allylic oxidation sites excluding steroid dienone is 4. The van der Waals surface area contributed by atoms with Crippen molar-refractivity contribution in [3.8, 4) is 5.75 Å². The molecule has 1 aliphatic carbocycles. The zero-order valence-corrected chi connectivity index (χ0v) is 12.4. The Bertz CT molecular complexity index is 512. The molecule has 0 saturated heterocycles. The lowest BCUT2D eigenvalue weighted by atomic mass is 9.94. The van der Waals surface area contributed by atoms with E-state index in [1.54, 1.807) is 7.11 Å². The molecule has 102 valence electrons. The second-order valence-electron chi connectivity index (χ2n) is 5.36. The molecule has 1 aliphatic rings. The molecule has 2 nitrogen and oxygen atoms in total. The van der Waals surface area contributed by atoms with Crippen molar-refractivity contribution in [2.45, 2.75) is 26.3 Å². The Hall–Kier alpha value is -1.54. The third-order valence-corrected chi connectivity index (χ3v) is 3.42. The lowest BCUT2D eigenvalue weighted by Gasteiger charge is -2.18. The number of methoxy groups -OCH3 is 1. The van der Waals surface area contributed by atoms with Crippen molar-refractivity contribution < 1.29 is 4.74 Å². The summed E-state index contributed by atoms with van der Waals surface area (Å²) >= 11 is 0. The lowest BCUT2D eigenvalue weighted by molar-refractivity contribution is 0.371. The summed E-state index contributed by atoms with van der Waals surface area (Å²) in [6.07, 6.45) is 9.06. The summed E-state index contributed by atoms with van der Waals surface area (Å²) in [7, 11) is 5.91. The highest BCUT2D eigenvalue weighted by Gasteiger charge is 2.11. The Morgan fingerprint density at radius 2 is 2.00 bits per heavy atom. The van der Waals surface area contributed by atoms with Gasteiger partial charge in [0.25, 0.3) is 0 Å². The van der Waals surface area contributed by atoms with E-state index in [9.17, 15) is 0 Å². The Labute approximate surface area is 116 Å². The van der Waals surface area contributed by atoms with E-state index in [1.165, 1.54) is 22.3 Å². The minimum atomic E-state index is 0.902. The lowest BCUT2D eigenvalue weighted by Crippen LogP contribution is -2.12. The van der Waals surface area contributed by atoms with Crippen LogP contribution in [0.2, 0.25) is 0 Å². The first-order chi connectivity index (χ1) is 9.11. The van der Waals surface area contributed by atoms with Crippen LogP contribution >= 0.6 is 0 Å². The van der Waals surface area contributed by atoms with Crippen LogP contribution < -0.4 is 4.74 Å². The number of hydrogen-bond donors (Lipinski definition) is 0. The van der Waals surface area contributed by atoms with Gasteiger partial charge in [0.15, 0.2) is 0 Å². The van der Waals surface area contributed by atoms with Gasteiger partial charge in [-0.25, -0.2) is 0 Å². The Kier molecular flexibility index (Phi) is 4.43. The molecule has 0 spiro atoms. The molecule has 0 radical (unpaired) electrons. The Balaban J connectivity index is 2.41. The molecule has 0 unspecified atom stereocenters. The summed E-state index contributed by atoms with van der Waals surface area (Å²) in [5.41, 5.74) is 5.17. The van der Waals surface area contributed by atoms with Crippen molar-refractivity contribution in [1.29, 1.82) is 0 Å². The molecule has 1 aromatic carbocycles. The van der Waals surface area contributed by atoms with Gasteiger partial charge in [-0.3, -0.25) is 0 Å². The highest BCUT2D eigenvalue weighted by molar-refractivity contribution is 5.77. The number of aryl methyl sites for hydroxylation is 1. The highest BCUT2D eigenvalue weighted by atomic mass is 16.5. The average molecular weight is 257 g/mol. The second kappa shape index (κ2) is 6.07. The monoisotopic (exact) mass is 257 g/mol. The Morgan fingerprint density at radius 3 is 2.58 bits per heavy atom. The molecule has 0 bridgehead atoms. The normalized spacial score (nSPS) is 14.7. The minimum Gasteiger partial charge on any atom is -0.496 e. The molecule has 0 fully saturated rings. The first-order valence-corrected chi connectivity index (χ1v) is 6.81. The van der Waals surface area contributed by atoms with Crippen LogP contribution in [0.3, 0.4) is 0 Å². The van der Waals surface area contributed by atoms with Crippen molar-refractivity contribution >= 4 is 5.57 Å². The summed E-state index contributed by atoms with van der Waals surface area (Å²) in [4.78, 5) is 2.16. The molecule has 0 aliphatic heterocycles. The number of ether oxygens (including phenoxy) is 1. The Morgan fingerprint density at radius 1 is 1.21 bits per heavy atom. The summed E-state index contributed by atoms with van der Waals surface area (Å²) in [5.74, 6) is 0.981. The summed E-state index contributed by atoms with van der Waals surface area (Å²) in [5, 5.41) is 0. The minimum absolute atomic E-state index is 0.902. The number of benzene rings is 1. The topological polar surface area (TPSA) is 12.5 Å². The number of rotatable bonds is 4. The molecule has 0 heterocycles. The predicted octanol–water partition coefficient (Wildman–Crippen LogP) is 3.80. The molecule has 1 aromatic rings. The van der Waals surface area contributed by atoms with Crippen LogP contribution in [-0.4, -0.2) is 26.1 Å². The van der Waals surface area contributed by atoms with Gasteiger partial charge in [-0.1, -0.05) is 24.3 Å². The maximum absolute atomic E-state index is 5.55. The van der Waals surface area contributed by atoms with Crippen LogP contribution in [0.4, 0.5) is 0 Å². The molecule has 0 N–H and O–H groups in total. The van der Waals surface area contributed by atoms with Crippen LogP contribution in [0, 0.1) is 6.92 Å². The molecule has 2 rings (SSSR count). The number of hydrogen-bond acceptors (Lipinski definition) is 2. The van der Waals surface area contributed by atoms with Gasteiger partial charge in [-0.2, -0.15) is 0 Å². The van der Waals surface area contributed by atoms with E-state index in [-0.39, 0.29) is 0 Å². The van der Waals surface area contributed by atoms with Gasteiger partial charge >= 0.3 is 0 Å². The van der Waals surface area contributed by atoms with E-state index in [0.717, 1.165) is 25.1 Å². The predicted molar refractivity (Wildman–Crippen MR) is 81.5 cm³/mol. The van der Waals surface area contributed by atoms with Gasteiger partial charge < -0.3 is 9.64 Å².